The van der Waals surface area contributed by atoms with E-state index in [0.717, 1.165) is 12.1 Å². The Hall–Kier alpha value is -1.06. The molecule has 3 nitrogen and oxygen atoms in total. The number of hydrogen-bond donors (Lipinski definition) is 1. The molecule has 0 spiro atoms. The van der Waals surface area contributed by atoms with Crippen molar-refractivity contribution in [3.8, 4) is 0 Å². The topological polar surface area (TPSA) is 38.3 Å². The molecule has 0 aromatic heterocycles. The first kappa shape index (κ1) is 12.4. The second-order valence-corrected chi connectivity index (χ2v) is 4.85. The lowest BCUT2D eigenvalue weighted by atomic mass is 9.99. The number of carbonyl (C=O) groups excluding carboxylic acids is 1. The quantitative estimate of drug-likeness (QED) is 0.840. The van der Waals surface area contributed by atoms with Crippen LogP contribution in [0.4, 0.5) is 0 Å². The number of halogens is 1. The predicted molar refractivity (Wildman–Crippen MR) is 66.8 cm³/mol. The van der Waals surface area contributed by atoms with Crippen LogP contribution in [-0.4, -0.2) is 19.1 Å². The van der Waals surface area contributed by atoms with Gasteiger partial charge in [-0.3, -0.25) is 4.79 Å². The number of nitrogens with one attached hydrogen (secondary N) is 1. The lowest BCUT2D eigenvalue weighted by Gasteiger charge is -2.13. The number of ether oxygens (including phenoxy) is 1. The third-order valence-electron chi connectivity index (χ3n) is 3.15. The molecule has 1 N–H and O–H groups in total. The fourth-order valence-electron chi connectivity index (χ4n) is 2.00. The molecule has 1 aromatic carbocycles. The maximum absolute atomic E-state index is 11.8. The normalized spacial score (nSPS) is 23.6. The average Bonchev–Trinajstić information content (AvgIpc) is 2.74. The van der Waals surface area contributed by atoms with Gasteiger partial charge < -0.3 is 10.1 Å². The summed E-state index contributed by atoms with van der Waals surface area (Å²) in [4.78, 5) is 11.8. The number of hydrogen-bond acceptors (Lipinski definition) is 3. The maximum Gasteiger partial charge on any atom is 0.310 e. The molecule has 92 valence electrons. The lowest BCUT2D eigenvalue weighted by molar-refractivity contribution is -0.150. The minimum Gasteiger partial charge on any atom is -0.460 e. The van der Waals surface area contributed by atoms with E-state index in [1.54, 1.807) is 6.07 Å². The van der Waals surface area contributed by atoms with E-state index in [4.69, 9.17) is 16.3 Å². The molecular formula is C13H16ClNO2. The molecule has 1 aromatic rings. The molecule has 4 heteroatoms. The van der Waals surface area contributed by atoms with Gasteiger partial charge in [0.25, 0.3) is 0 Å². The number of carbonyl (C=O) groups is 1. The summed E-state index contributed by atoms with van der Waals surface area (Å²) in [5.74, 6) is 0.175. The standard InChI is InChI=1S/C13H16ClNO2/c1-9-6-15-7-11(9)13(16)17-8-10-4-2-3-5-12(10)14/h2-5,9,11,15H,6-8H2,1H3/t9-,11-/m1/s1. The molecule has 2 rings (SSSR count). The van der Waals surface area contributed by atoms with Gasteiger partial charge in [0.15, 0.2) is 0 Å². The van der Waals surface area contributed by atoms with Gasteiger partial charge in [0.2, 0.25) is 0 Å². The molecule has 17 heavy (non-hydrogen) atoms. The van der Waals surface area contributed by atoms with Crippen LogP contribution in [0.3, 0.4) is 0 Å². The highest BCUT2D eigenvalue weighted by Gasteiger charge is 2.30. The molecule has 0 radical (unpaired) electrons. The summed E-state index contributed by atoms with van der Waals surface area (Å²) in [5, 5.41) is 3.82. The van der Waals surface area contributed by atoms with Crippen LogP contribution < -0.4 is 5.32 Å². The van der Waals surface area contributed by atoms with Crippen LogP contribution in [0.25, 0.3) is 0 Å². The van der Waals surface area contributed by atoms with Gasteiger partial charge in [-0.2, -0.15) is 0 Å². The molecule has 0 amide bonds. The monoisotopic (exact) mass is 253 g/mol. The van der Waals surface area contributed by atoms with E-state index >= 15 is 0 Å². The van der Waals surface area contributed by atoms with Gasteiger partial charge >= 0.3 is 5.97 Å². The second kappa shape index (κ2) is 5.52. The summed E-state index contributed by atoms with van der Waals surface area (Å²) in [6.45, 7) is 3.90. The Bertz CT molecular complexity index is 408. The summed E-state index contributed by atoms with van der Waals surface area (Å²) in [6, 6.07) is 7.40. The van der Waals surface area contributed by atoms with Gasteiger partial charge in [0.1, 0.15) is 6.61 Å². The molecule has 1 fully saturated rings. The van der Waals surface area contributed by atoms with Crippen LogP contribution in [0.5, 0.6) is 0 Å². The van der Waals surface area contributed by atoms with Gasteiger partial charge in [0, 0.05) is 17.1 Å². The van der Waals surface area contributed by atoms with Gasteiger partial charge in [-0.1, -0.05) is 36.7 Å². The zero-order chi connectivity index (χ0) is 12.3. The smallest absolute Gasteiger partial charge is 0.310 e. The first-order valence-electron chi connectivity index (χ1n) is 5.79. The zero-order valence-electron chi connectivity index (χ0n) is 9.78. The van der Waals surface area contributed by atoms with Crippen molar-refractivity contribution in [1.82, 2.24) is 5.32 Å². The van der Waals surface area contributed by atoms with Crippen LogP contribution in [0.15, 0.2) is 24.3 Å². The van der Waals surface area contributed by atoms with Crippen molar-refractivity contribution < 1.29 is 9.53 Å². The minimum absolute atomic E-state index is 0.0301. The van der Waals surface area contributed by atoms with Crippen molar-refractivity contribution in [3.63, 3.8) is 0 Å². The van der Waals surface area contributed by atoms with E-state index in [2.05, 4.69) is 12.2 Å². The minimum atomic E-state index is -0.137. The largest absolute Gasteiger partial charge is 0.460 e. The highest BCUT2D eigenvalue weighted by Crippen LogP contribution is 2.20. The first-order chi connectivity index (χ1) is 8.18. The summed E-state index contributed by atoms with van der Waals surface area (Å²) in [6.07, 6.45) is 0. The number of esters is 1. The van der Waals surface area contributed by atoms with Crippen LogP contribution in [0, 0.1) is 11.8 Å². The molecule has 0 bridgehead atoms. The Morgan fingerprint density at radius 3 is 2.88 bits per heavy atom. The fourth-order valence-corrected chi connectivity index (χ4v) is 2.19. The van der Waals surface area contributed by atoms with Crippen LogP contribution in [0.2, 0.25) is 5.02 Å². The third-order valence-corrected chi connectivity index (χ3v) is 3.52. The molecule has 0 aliphatic carbocycles. The van der Waals surface area contributed by atoms with Crippen LogP contribution in [-0.2, 0) is 16.1 Å². The third kappa shape index (κ3) is 2.99. The molecule has 1 aliphatic rings. The van der Waals surface area contributed by atoms with Crippen molar-refractivity contribution in [1.29, 1.82) is 0 Å². The van der Waals surface area contributed by atoms with E-state index < -0.39 is 0 Å². The average molecular weight is 254 g/mol. The van der Waals surface area contributed by atoms with E-state index in [9.17, 15) is 4.79 Å². The Balaban J connectivity index is 1.90. The van der Waals surface area contributed by atoms with Crippen molar-refractivity contribution >= 4 is 17.6 Å². The van der Waals surface area contributed by atoms with E-state index in [1.807, 2.05) is 18.2 Å². The van der Waals surface area contributed by atoms with E-state index in [1.165, 1.54) is 0 Å². The van der Waals surface area contributed by atoms with Gasteiger partial charge in [0.05, 0.1) is 5.92 Å². The van der Waals surface area contributed by atoms with Gasteiger partial charge in [-0.25, -0.2) is 0 Å². The second-order valence-electron chi connectivity index (χ2n) is 4.44. The van der Waals surface area contributed by atoms with Crippen LogP contribution >= 0.6 is 11.6 Å². The SMILES string of the molecule is C[C@@H]1CNC[C@H]1C(=O)OCc1ccccc1Cl. The first-order valence-corrected chi connectivity index (χ1v) is 6.17. The van der Waals surface area contributed by atoms with E-state index in [0.29, 0.717) is 17.5 Å². The van der Waals surface area contributed by atoms with Gasteiger partial charge in [-0.15, -0.1) is 0 Å². The molecule has 1 saturated heterocycles. The molecule has 0 saturated carbocycles. The van der Waals surface area contributed by atoms with Crippen molar-refractivity contribution in [2.45, 2.75) is 13.5 Å². The number of rotatable bonds is 3. The molecule has 0 unspecified atom stereocenters. The molecular weight excluding hydrogens is 238 g/mol. The lowest BCUT2D eigenvalue weighted by Crippen LogP contribution is -2.23. The summed E-state index contributed by atoms with van der Waals surface area (Å²) in [7, 11) is 0. The Morgan fingerprint density at radius 1 is 1.47 bits per heavy atom. The Morgan fingerprint density at radius 2 is 2.24 bits per heavy atom. The highest BCUT2D eigenvalue weighted by molar-refractivity contribution is 6.31. The molecule has 1 aliphatic heterocycles. The molecule has 2 atom stereocenters. The predicted octanol–water partition coefficient (Wildman–Crippen LogP) is 2.24. The van der Waals surface area contributed by atoms with Crippen molar-refractivity contribution in [2.24, 2.45) is 11.8 Å². The van der Waals surface area contributed by atoms with Crippen molar-refractivity contribution in [2.75, 3.05) is 13.1 Å². The highest BCUT2D eigenvalue weighted by atomic mass is 35.5. The number of benzene rings is 1. The maximum atomic E-state index is 11.8. The summed E-state index contributed by atoms with van der Waals surface area (Å²) in [5.41, 5.74) is 0.848. The van der Waals surface area contributed by atoms with Crippen LogP contribution in [0.1, 0.15) is 12.5 Å². The van der Waals surface area contributed by atoms with E-state index in [-0.39, 0.29) is 18.5 Å². The fraction of sp³-hybridized carbons (Fsp3) is 0.462. The van der Waals surface area contributed by atoms with Crippen molar-refractivity contribution in [3.05, 3.63) is 34.9 Å². The Kier molecular flexibility index (Phi) is 4.02. The zero-order valence-corrected chi connectivity index (χ0v) is 10.5. The summed E-state index contributed by atoms with van der Waals surface area (Å²) >= 11 is 5.99. The van der Waals surface area contributed by atoms with Gasteiger partial charge in [-0.05, 0) is 18.5 Å². The Labute approximate surface area is 106 Å². The summed E-state index contributed by atoms with van der Waals surface area (Å²) < 4.78 is 5.30. The molecule has 1 heterocycles.